The highest BCUT2D eigenvalue weighted by Gasteiger charge is 2.23. The van der Waals surface area contributed by atoms with Gasteiger partial charge in [-0.3, -0.25) is 0 Å². The molecular formula is C13H14BrNO4S. The van der Waals surface area contributed by atoms with E-state index in [1.54, 1.807) is 31.2 Å². The fourth-order valence-electron chi connectivity index (χ4n) is 1.75. The molecule has 0 spiro atoms. The van der Waals surface area contributed by atoms with Crippen LogP contribution in [0.4, 0.5) is 0 Å². The molecule has 7 heteroatoms. The van der Waals surface area contributed by atoms with E-state index in [1.807, 2.05) is 0 Å². The van der Waals surface area contributed by atoms with E-state index in [0.717, 1.165) is 0 Å². The molecule has 0 radical (unpaired) electrons. The third kappa shape index (κ3) is 3.23. The van der Waals surface area contributed by atoms with Crippen LogP contribution in [0.15, 0.2) is 50.4 Å². The van der Waals surface area contributed by atoms with Crippen LogP contribution in [0.5, 0.6) is 5.75 Å². The standard InChI is InChI=1S/C13H14BrNO4S/c1-9(11-4-3-7-19-11)15-20(16,17)13-8-10(14)5-6-12(13)18-2/h3-9,15H,1-2H3. The van der Waals surface area contributed by atoms with E-state index in [0.29, 0.717) is 10.2 Å². The van der Waals surface area contributed by atoms with E-state index >= 15 is 0 Å². The van der Waals surface area contributed by atoms with E-state index in [2.05, 4.69) is 20.7 Å². The summed E-state index contributed by atoms with van der Waals surface area (Å²) in [6.07, 6.45) is 1.50. The first kappa shape index (κ1) is 15.1. The van der Waals surface area contributed by atoms with Crippen molar-refractivity contribution < 1.29 is 17.6 Å². The number of ether oxygens (including phenoxy) is 1. The van der Waals surface area contributed by atoms with Gasteiger partial charge in [0, 0.05) is 4.47 Å². The summed E-state index contributed by atoms with van der Waals surface area (Å²) in [6.45, 7) is 1.71. The van der Waals surface area contributed by atoms with Crippen molar-refractivity contribution in [3.8, 4) is 5.75 Å². The number of nitrogens with one attached hydrogen (secondary N) is 1. The Kier molecular flexibility index (Phi) is 4.52. The first-order valence-electron chi connectivity index (χ1n) is 5.83. The van der Waals surface area contributed by atoms with Gasteiger partial charge in [-0.1, -0.05) is 15.9 Å². The Labute approximate surface area is 126 Å². The molecule has 5 nitrogen and oxygen atoms in total. The number of benzene rings is 1. The molecule has 2 rings (SSSR count). The Hall–Kier alpha value is -1.31. The van der Waals surface area contributed by atoms with Crippen LogP contribution in [0, 0.1) is 0 Å². The van der Waals surface area contributed by atoms with Gasteiger partial charge in [-0.25, -0.2) is 13.1 Å². The van der Waals surface area contributed by atoms with E-state index in [4.69, 9.17) is 9.15 Å². The molecule has 0 saturated carbocycles. The average molecular weight is 360 g/mol. The molecule has 1 aromatic carbocycles. The molecule has 1 unspecified atom stereocenters. The third-order valence-electron chi connectivity index (χ3n) is 2.72. The molecule has 2 aromatic rings. The van der Waals surface area contributed by atoms with Gasteiger partial charge in [0.25, 0.3) is 0 Å². The van der Waals surface area contributed by atoms with E-state index in [-0.39, 0.29) is 10.6 Å². The molecule has 1 atom stereocenters. The molecule has 0 aliphatic carbocycles. The highest BCUT2D eigenvalue weighted by Crippen LogP contribution is 2.28. The minimum absolute atomic E-state index is 0.0766. The van der Waals surface area contributed by atoms with Gasteiger partial charge in [0.2, 0.25) is 10.0 Å². The van der Waals surface area contributed by atoms with Crippen LogP contribution in [0.25, 0.3) is 0 Å². The fourth-order valence-corrected chi connectivity index (χ4v) is 3.67. The number of methoxy groups -OCH3 is 1. The van der Waals surface area contributed by atoms with Crippen molar-refractivity contribution in [3.63, 3.8) is 0 Å². The van der Waals surface area contributed by atoms with E-state index in [9.17, 15) is 8.42 Å². The van der Waals surface area contributed by atoms with Crippen LogP contribution in [0.1, 0.15) is 18.7 Å². The normalized spacial score (nSPS) is 13.2. The maximum absolute atomic E-state index is 12.4. The largest absolute Gasteiger partial charge is 0.495 e. The summed E-state index contributed by atoms with van der Waals surface area (Å²) in [5.74, 6) is 0.829. The number of halogens is 1. The monoisotopic (exact) mass is 359 g/mol. The van der Waals surface area contributed by atoms with Crippen LogP contribution in [-0.4, -0.2) is 15.5 Å². The van der Waals surface area contributed by atoms with Gasteiger partial charge in [0.05, 0.1) is 19.4 Å². The zero-order valence-electron chi connectivity index (χ0n) is 11.0. The second-order valence-electron chi connectivity index (χ2n) is 4.15. The summed E-state index contributed by atoms with van der Waals surface area (Å²) < 4.78 is 38.3. The second-order valence-corrected chi connectivity index (χ2v) is 6.75. The number of hydrogen-bond donors (Lipinski definition) is 1. The summed E-state index contributed by atoms with van der Waals surface area (Å²) in [5.41, 5.74) is 0. The Balaban J connectivity index is 2.33. The lowest BCUT2D eigenvalue weighted by Crippen LogP contribution is -2.27. The molecule has 108 valence electrons. The summed E-state index contributed by atoms with van der Waals surface area (Å²) in [7, 11) is -2.29. The number of sulfonamides is 1. The lowest BCUT2D eigenvalue weighted by Gasteiger charge is -2.14. The van der Waals surface area contributed by atoms with Gasteiger partial charge < -0.3 is 9.15 Å². The third-order valence-corrected chi connectivity index (χ3v) is 4.77. The van der Waals surface area contributed by atoms with Crippen LogP contribution in [-0.2, 0) is 10.0 Å². The van der Waals surface area contributed by atoms with Crippen molar-refractivity contribution in [2.45, 2.75) is 17.9 Å². The van der Waals surface area contributed by atoms with Gasteiger partial charge in [0.1, 0.15) is 16.4 Å². The topological polar surface area (TPSA) is 68.5 Å². The molecular weight excluding hydrogens is 346 g/mol. The highest BCUT2D eigenvalue weighted by atomic mass is 79.9. The molecule has 0 bridgehead atoms. The fraction of sp³-hybridized carbons (Fsp3) is 0.231. The molecule has 0 saturated heterocycles. The zero-order valence-corrected chi connectivity index (χ0v) is 13.4. The van der Waals surface area contributed by atoms with Crippen molar-refractivity contribution in [1.29, 1.82) is 0 Å². The molecule has 0 aliphatic rings. The Morgan fingerprint density at radius 2 is 2.10 bits per heavy atom. The molecule has 0 aliphatic heterocycles. The Morgan fingerprint density at radius 3 is 2.70 bits per heavy atom. The highest BCUT2D eigenvalue weighted by molar-refractivity contribution is 9.10. The molecule has 1 N–H and O–H groups in total. The quantitative estimate of drug-likeness (QED) is 0.890. The second kappa shape index (κ2) is 5.99. The van der Waals surface area contributed by atoms with Crippen LogP contribution in [0.2, 0.25) is 0 Å². The maximum Gasteiger partial charge on any atom is 0.244 e. The van der Waals surface area contributed by atoms with Gasteiger partial charge in [-0.15, -0.1) is 0 Å². The van der Waals surface area contributed by atoms with Crippen molar-refractivity contribution in [1.82, 2.24) is 4.72 Å². The minimum Gasteiger partial charge on any atom is -0.495 e. The maximum atomic E-state index is 12.4. The lowest BCUT2D eigenvalue weighted by atomic mass is 10.3. The van der Waals surface area contributed by atoms with Gasteiger partial charge in [0.15, 0.2) is 0 Å². The minimum atomic E-state index is -3.72. The predicted molar refractivity (Wildman–Crippen MR) is 78.1 cm³/mol. The van der Waals surface area contributed by atoms with Crippen LogP contribution in [0.3, 0.4) is 0 Å². The van der Waals surface area contributed by atoms with Gasteiger partial charge >= 0.3 is 0 Å². The van der Waals surface area contributed by atoms with Crippen LogP contribution >= 0.6 is 15.9 Å². The lowest BCUT2D eigenvalue weighted by molar-refractivity contribution is 0.401. The zero-order chi connectivity index (χ0) is 14.8. The summed E-state index contributed by atoms with van der Waals surface area (Å²) >= 11 is 3.26. The first-order chi connectivity index (χ1) is 9.44. The van der Waals surface area contributed by atoms with Crippen molar-refractivity contribution in [2.75, 3.05) is 7.11 Å². The summed E-state index contributed by atoms with van der Waals surface area (Å²) in [6, 6.07) is 7.75. The molecule has 0 amide bonds. The van der Waals surface area contributed by atoms with Crippen molar-refractivity contribution in [3.05, 3.63) is 46.8 Å². The Morgan fingerprint density at radius 1 is 1.35 bits per heavy atom. The number of furan rings is 1. The molecule has 1 aromatic heterocycles. The van der Waals surface area contributed by atoms with Gasteiger partial charge in [-0.2, -0.15) is 0 Å². The first-order valence-corrected chi connectivity index (χ1v) is 8.11. The smallest absolute Gasteiger partial charge is 0.244 e. The summed E-state index contributed by atoms with van der Waals surface area (Å²) in [5, 5.41) is 0. The molecule has 20 heavy (non-hydrogen) atoms. The number of hydrogen-bond acceptors (Lipinski definition) is 4. The van der Waals surface area contributed by atoms with Gasteiger partial charge in [-0.05, 0) is 37.3 Å². The summed E-state index contributed by atoms with van der Waals surface area (Å²) in [4.78, 5) is 0.0766. The Bertz CT molecular complexity index is 682. The van der Waals surface area contributed by atoms with E-state index < -0.39 is 16.1 Å². The molecule has 1 heterocycles. The molecule has 0 fully saturated rings. The average Bonchev–Trinajstić information content (AvgIpc) is 2.92. The van der Waals surface area contributed by atoms with Crippen molar-refractivity contribution in [2.24, 2.45) is 0 Å². The predicted octanol–water partition coefficient (Wildman–Crippen LogP) is 3.09. The SMILES string of the molecule is COc1ccc(Br)cc1S(=O)(=O)NC(C)c1ccco1. The van der Waals surface area contributed by atoms with Crippen LogP contribution < -0.4 is 9.46 Å². The number of rotatable bonds is 5. The van der Waals surface area contributed by atoms with E-state index in [1.165, 1.54) is 19.4 Å². The van der Waals surface area contributed by atoms with Crippen molar-refractivity contribution >= 4 is 26.0 Å².